The minimum Gasteiger partial charge on any atom is -0.397 e. The van der Waals surface area contributed by atoms with Gasteiger partial charge in [-0.25, -0.2) is 0 Å². The molecule has 106 valence electrons. The molecule has 3 rings (SSSR count). The van der Waals surface area contributed by atoms with E-state index >= 15 is 0 Å². The zero-order valence-corrected chi connectivity index (χ0v) is 14.0. The largest absolute Gasteiger partial charge is 0.397 e. The van der Waals surface area contributed by atoms with Crippen molar-refractivity contribution in [3.8, 4) is 0 Å². The highest BCUT2D eigenvalue weighted by atomic mass is 79.9. The molecular weight excluding hydrogens is 336 g/mol. The van der Waals surface area contributed by atoms with Crippen molar-refractivity contribution < 1.29 is 4.79 Å². The third-order valence-electron chi connectivity index (χ3n) is 3.85. The molecule has 2 aromatic rings. The van der Waals surface area contributed by atoms with Crippen molar-refractivity contribution in [2.45, 2.75) is 20.3 Å². The lowest BCUT2D eigenvalue weighted by atomic mass is 9.93. The quantitative estimate of drug-likeness (QED) is 0.838. The first-order chi connectivity index (χ1) is 9.37. The molecule has 0 bridgehead atoms. The van der Waals surface area contributed by atoms with Crippen LogP contribution in [0.15, 0.2) is 22.7 Å². The van der Waals surface area contributed by atoms with Gasteiger partial charge in [0.25, 0.3) is 5.91 Å². The Bertz CT molecular complexity index is 692. The lowest BCUT2D eigenvalue weighted by Crippen LogP contribution is -2.30. The van der Waals surface area contributed by atoms with Crippen LogP contribution in [0.3, 0.4) is 0 Å². The highest BCUT2D eigenvalue weighted by molar-refractivity contribution is 9.10. The molecule has 1 aromatic carbocycles. The summed E-state index contributed by atoms with van der Waals surface area (Å²) in [5.74, 6) is 0.0744. The van der Waals surface area contributed by atoms with Crippen molar-refractivity contribution >= 4 is 48.9 Å². The molecule has 3 nitrogen and oxygen atoms in total. The monoisotopic (exact) mass is 352 g/mol. The number of likely N-dealkylation sites (tertiary alicyclic amines) is 1. The molecular formula is C15H17BrN2OS. The number of hydrogen-bond acceptors (Lipinski definition) is 3. The summed E-state index contributed by atoms with van der Waals surface area (Å²) in [6.07, 6.45) is 1.05. The van der Waals surface area contributed by atoms with Crippen molar-refractivity contribution in [2.75, 3.05) is 18.8 Å². The van der Waals surface area contributed by atoms with E-state index in [1.807, 2.05) is 23.1 Å². The lowest BCUT2D eigenvalue weighted by molar-refractivity contribution is 0.0784. The Kier molecular flexibility index (Phi) is 3.29. The number of fused-ring (bicyclic) bond motifs is 1. The first kappa shape index (κ1) is 13.9. The van der Waals surface area contributed by atoms with Gasteiger partial charge in [0.05, 0.1) is 5.69 Å². The number of anilines is 1. The van der Waals surface area contributed by atoms with Crippen molar-refractivity contribution in [1.82, 2.24) is 4.90 Å². The molecule has 1 aromatic heterocycles. The summed E-state index contributed by atoms with van der Waals surface area (Å²) in [6, 6.07) is 5.96. The van der Waals surface area contributed by atoms with E-state index in [0.717, 1.165) is 34.1 Å². The fraction of sp³-hybridized carbons (Fsp3) is 0.400. The molecule has 2 N–H and O–H groups in total. The number of hydrogen-bond donors (Lipinski definition) is 1. The van der Waals surface area contributed by atoms with E-state index in [1.54, 1.807) is 0 Å². The van der Waals surface area contributed by atoms with E-state index in [2.05, 4.69) is 29.8 Å². The maximum absolute atomic E-state index is 12.7. The number of benzene rings is 1. The smallest absolute Gasteiger partial charge is 0.266 e. The predicted octanol–water partition coefficient (Wildman–Crippen LogP) is 4.12. The first-order valence-electron chi connectivity index (χ1n) is 6.64. The summed E-state index contributed by atoms with van der Waals surface area (Å²) < 4.78 is 2.04. The Morgan fingerprint density at radius 1 is 1.45 bits per heavy atom. The number of rotatable bonds is 1. The van der Waals surface area contributed by atoms with Crippen LogP contribution < -0.4 is 5.73 Å². The van der Waals surface area contributed by atoms with E-state index in [1.165, 1.54) is 11.3 Å². The van der Waals surface area contributed by atoms with Crippen LogP contribution in [-0.2, 0) is 0 Å². The molecule has 20 heavy (non-hydrogen) atoms. The molecule has 1 aliphatic rings. The van der Waals surface area contributed by atoms with Gasteiger partial charge in [-0.1, -0.05) is 29.8 Å². The number of nitrogen functional groups attached to an aromatic ring is 1. The Morgan fingerprint density at radius 2 is 2.20 bits per heavy atom. The number of halogens is 1. The van der Waals surface area contributed by atoms with Gasteiger partial charge >= 0.3 is 0 Å². The first-order valence-corrected chi connectivity index (χ1v) is 8.25. The summed E-state index contributed by atoms with van der Waals surface area (Å²) in [7, 11) is 0. The van der Waals surface area contributed by atoms with Gasteiger partial charge in [0.2, 0.25) is 0 Å². The molecule has 0 unspecified atom stereocenters. The molecule has 0 saturated carbocycles. The molecule has 1 saturated heterocycles. The third-order valence-corrected chi connectivity index (χ3v) is 5.52. The van der Waals surface area contributed by atoms with E-state index in [9.17, 15) is 4.79 Å². The van der Waals surface area contributed by atoms with Crippen LogP contribution in [0.2, 0.25) is 0 Å². The minimum atomic E-state index is 0.0744. The summed E-state index contributed by atoms with van der Waals surface area (Å²) in [6.45, 7) is 6.03. The average molecular weight is 353 g/mol. The topological polar surface area (TPSA) is 46.3 Å². The molecule has 2 heterocycles. The number of nitrogens with zero attached hydrogens (tertiary/aromatic N) is 1. The van der Waals surface area contributed by atoms with Gasteiger partial charge in [-0.15, -0.1) is 11.3 Å². The molecule has 0 atom stereocenters. The summed E-state index contributed by atoms with van der Waals surface area (Å²) in [5.41, 5.74) is 7.01. The van der Waals surface area contributed by atoms with Gasteiger partial charge in [-0.2, -0.15) is 0 Å². The number of carbonyl (C=O) groups is 1. The Morgan fingerprint density at radius 3 is 2.85 bits per heavy atom. The van der Waals surface area contributed by atoms with Gasteiger partial charge < -0.3 is 10.6 Å². The average Bonchev–Trinajstić information content (AvgIpc) is 2.90. The second-order valence-corrected chi connectivity index (χ2v) is 8.09. The van der Waals surface area contributed by atoms with E-state index in [0.29, 0.717) is 10.6 Å². The second-order valence-electron chi connectivity index (χ2n) is 6.13. The van der Waals surface area contributed by atoms with Gasteiger partial charge in [-0.05, 0) is 30.0 Å². The molecule has 1 aliphatic heterocycles. The zero-order valence-electron chi connectivity index (χ0n) is 11.6. The van der Waals surface area contributed by atoms with E-state index in [-0.39, 0.29) is 11.3 Å². The Hall–Kier alpha value is -1.07. The molecule has 1 amide bonds. The van der Waals surface area contributed by atoms with E-state index < -0.39 is 0 Å². The summed E-state index contributed by atoms with van der Waals surface area (Å²) in [4.78, 5) is 15.3. The number of carbonyl (C=O) groups excluding carboxylic acids is 1. The van der Waals surface area contributed by atoms with Gasteiger partial charge in [-0.3, -0.25) is 4.79 Å². The number of nitrogens with two attached hydrogens (primary N) is 1. The predicted molar refractivity (Wildman–Crippen MR) is 88.2 cm³/mol. The normalized spacial score (nSPS) is 17.9. The van der Waals surface area contributed by atoms with Gasteiger partial charge in [0.1, 0.15) is 4.88 Å². The summed E-state index contributed by atoms with van der Waals surface area (Å²) in [5, 5.41) is 0.964. The SMILES string of the molecule is CC1(C)CCN(C(=O)c2sc3ccc(Br)cc3c2N)C1. The minimum absolute atomic E-state index is 0.0744. The van der Waals surface area contributed by atoms with Crippen LogP contribution in [0.5, 0.6) is 0 Å². The maximum Gasteiger partial charge on any atom is 0.266 e. The zero-order chi connectivity index (χ0) is 14.5. The van der Waals surface area contributed by atoms with Crippen molar-refractivity contribution in [3.63, 3.8) is 0 Å². The number of amides is 1. The maximum atomic E-state index is 12.7. The van der Waals surface area contributed by atoms with Crippen LogP contribution in [0, 0.1) is 5.41 Å². The van der Waals surface area contributed by atoms with Crippen molar-refractivity contribution in [2.24, 2.45) is 5.41 Å². The Labute approximate surface area is 130 Å². The molecule has 0 radical (unpaired) electrons. The lowest BCUT2D eigenvalue weighted by Gasteiger charge is -2.19. The van der Waals surface area contributed by atoms with Crippen molar-refractivity contribution in [1.29, 1.82) is 0 Å². The standard InChI is InChI=1S/C15H17BrN2OS/c1-15(2)5-6-18(8-15)14(19)13-12(17)10-7-9(16)3-4-11(10)20-13/h3-4,7H,5-6,8,17H2,1-2H3. The van der Waals surface area contributed by atoms with Crippen LogP contribution in [0.1, 0.15) is 29.9 Å². The molecule has 5 heteroatoms. The summed E-state index contributed by atoms with van der Waals surface area (Å²) >= 11 is 4.94. The second kappa shape index (κ2) is 4.74. The van der Waals surface area contributed by atoms with Gasteiger partial charge in [0.15, 0.2) is 0 Å². The highest BCUT2D eigenvalue weighted by Crippen LogP contribution is 2.38. The Balaban J connectivity index is 1.98. The van der Waals surface area contributed by atoms with E-state index in [4.69, 9.17) is 5.73 Å². The van der Waals surface area contributed by atoms with Crippen LogP contribution in [0.4, 0.5) is 5.69 Å². The van der Waals surface area contributed by atoms with Crippen LogP contribution in [-0.4, -0.2) is 23.9 Å². The molecule has 0 aliphatic carbocycles. The highest BCUT2D eigenvalue weighted by Gasteiger charge is 2.33. The number of thiophene rings is 1. The fourth-order valence-electron chi connectivity index (χ4n) is 2.68. The third kappa shape index (κ3) is 2.33. The van der Waals surface area contributed by atoms with Crippen LogP contribution in [0.25, 0.3) is 10.1 Å². The molecule has 0 spiro atoms. The van der Waals surface area contributed by atoms with Gasteiger partial charge in [0, 0.05) is 27.6 Å². The fourth-order valence-corrected chi connectivity index (χ4v) is 4.11. The molecule has 1 fully saturated rings. The van der Waals surface area contributed by atoms with Crippen LogP contribution >= 0.6 is 27.3 Å². The van der Waals surface area contributed by atoms with Crippen molar-refractivity contribution in [3.05, 3.63) is 27.5 Å².